The van der Waals surface area contributed by atoms with E-state index in [0.717, 1.165) is 28.3 Å². The monoisotopic (exact) mass is 327 g/mol. The van der Waals surface area contributed by atoms with E-state index < -0.39 is 0 Å². The van der Waals surface area contributed by atoms with Crippen molar-refractivity contribution in [1.82, 2.24) is 5.32 Å². The van der Waals surface area contributed by atoms with E-state index in [2.05, 4.69) is 17.6 Å². The molecule has 1 aliphatic rings. The van der Waals surface area contributed by atoms with Gasteiger partial charge in [-0.3, -0.25) is 4.79 Å². The lowest BCUT2D eigenvalue weighted by atomic mass is 10.1. The summed E-state index contributed by atoms with van der Waals surface area (Å²) in [7, 11) is 0. The Hall–Kier alpha value is -0.880. The highest BCUT2D eigenvalue weighted by Crippen LogP contribution is 2.42. The van der Waals surface area contributed by atoms with Gasteiger partial charge in [0.1, 0.15) is 9.88 Å². The van der Waals surface area contributed by atoms with Crippen molar-refractivity contribution in [1.29, 1.82) is 0 Å². The molecule has 0 aliphatic heterocycles. The Labute approximate surface area is 135 Å². The molecule has 0 bridgehead atoms. The average molecular weight is 328 g/mol. The molecule has 1 aromatic rings. The largest absolute Gasteiger partial charge is 0.396 e. The van der Waals surface area contributed by atoms with Crippen molar-refractivity contribution in [2.45, 2.75) is 38.0 Å². The van der Waals surface area contributed by atoms with Crippen LogP contribution in [0.1, 0.15) is 42.8 Å². The predicted octanol–water partition coefficient (Wildman–Crippen LogP) is 3.65. The molecular formula is C15H25N3OS2. The van der Waals surface area contributed by atoms with Crippen LogP contribution in [0.2, 0.25) is 0 Å². The van der Waals surface area contributed by atoms with Gasteiger partial charge in [-0.2, -0.15) is 0 Å². The molecule has 1 saturated carbocycles. The van der Waals surface area contributed by atoms with Crippen LogP contribution in [0.5, 0.6) is 0 Å². The van der Waals surface area contributed by atoms with Crippen LogP contribution in [0, 0.1) is 11.8 Å². The molecule has 1 aromatic heterocycles. The summed E-state index contributed by atoms with van der Waals surface area (Å²) in [5, 5.41) is 7.39. The third-order valence-electron chi connectivity index (χ3n) is 4.00. The molecule has 0 spiro atoms. The van der Waals surface area contributed by atoms with E-state index in [0.29, 0.717) is 17.1 Å². The topological polar surface area (TPSA) is 67.2 Å². The minimum absolute atomic E-state index is 0.0714. The van der Waals surface area contributed by atoms with Crippen LogP contribution in [-0.4, -0.2) is 25.3 Å². The van der Waals surface area contributed by atoms with E-state index in [-0.39, 0.29) is 5.91 Å². The van der Waals surface area contributed by atoms with Crippen LogP contribution in [0.15, 0.2) is 4.90 Å². The van der Waals surface area contributed by atoms with Gasteiger partial charge in [-0.1, -0.05) is 13.3 Å². The zero-order valence-electron chi connectivity index (χ0n) is 13.0. The van der Waals surface area contributed by atoms with Crippen molar-refractivity contribution in [3.8, 4) is 0 Å². The number of anilines is 2. The van der Waals surface area contributed by atoms with E-state index in [1.165, 1.54) is 30.6 Å². The van der Waals surface area contributed by atoms with Crippen molar-refractivity contribution in [3.63, 3.8) is 0 Å². The van der Waals surface area contributed by atoms with E-state index in [1.807, 2.05) is 13.2 Å². The molecular weight excluding hydrogens is 302 g/mol. The Balaban J connectivity index is 2.07. The molecule has 1 amide bonds. The van der Waals surface area contributed by atoms with Crippen LogP contribution in [0.4, 0.5) is 10.7 Å². The lowest BCUT2D eigenvalue weighted by Gasteiger charge is -2.12. The van der Waals surface area contributed by atoms with E-state index in [1.54, 1.807) is 11.8 Å². The van der Waals surface area contributed by atoms with Crippen molar-refractivity contribution in [2.75, 3.05) is 30.4 Å². The van der Waals surface area contributed by atoms with Gasteiger partial charge < -0.3 is 16.4 Å². The fourth-order valence-electron chi connectivity index (χ4n) is 2.90. The fourth-order valence-corrected chi connectivity index (χ4v) is 4.86. The Bertz CT molecular complexity index is 501. The second kappa shape index (κ2) is 7.40. The van der Waals surface area contributed by atoms with Gasteiger partial charge >= 0.3 is 0 Å². The summed E-state index contributed by atoms with van der Waals surface area (Å²) in [5.74, 6) is 1.51. The molecule has 0 radical (unpaired) electrons. The van der Waals surface area contributed by atoms with Gasteiger partial charge in [-0.15, -0.1) is 23.1 Å². The molecule has 2 unspecified atom stereocenters. The van der Waals surface area contributed by atoms with E-state index in [9.17, 15) is 4.79 Å². The molecule has 4 N–H and O–H groups in total. The molecule has 0 saturated heterocycles. The van der Waals surface area contributed by atoms with Gasteiger partial charge in [0.2, 0.25) is 0 Å². The highest BCUT2D eigenvalue weighted by Gasteiger charge is 2.23. The van der Waals surface area contributed by atoms with Crippen molar-refractivity contribution < 1.29 is 4.79 Å². The number of rotatable bonds is 6. The Kier molecular flexibility index (Phi) is 5.81. The average Bonchev–Trinajstić information content (AvgIpc) is 3.00. The van der Waals surface area contributed by atoms with Gasteiger partial charge in [0.05, 0.1) is 10.6 Å². The number of thiophene rings is 1. The first kappa shape index (κ1) is 16.5. The number of hydrogen-bond acceptors (Lipinski definition) is 5. The number of nitrogen functional groups attached to an aromatic ring is 1. The van der Waals surface area contributed by atoms with Crippen molar-refractivity contribution >= 4 is 39.7 Å². The second-order valence-electron chi connectivity index (χ2n) is 5.73. The quantitative estimate of drug-likeness (QED) is 0.698. The summed E-state index contributed by atoms with van der Waals surface area (Å²) < 4.78 is 0. The highest BCUT2D eigenvalue weighted by molar-refractivity contribution is 7.99. The molecule has 118 valence electrons. The summed E-state index contributed by atoms with van der Waals surface area (Å²) in [4.78, 5) is 13.7. The standard InChI is InChI=1S/C15H25N3OS2/c1-4-17-14(19)12-11(16)13(20-3)15(21-12)18-8-10-6-5-9(2)7-10/h9-10,18H,4-8,16H2,1-3H3,(H,17,19). The first-order valence-electron chi connectivity index (χ1n) is 7.55. The Morgan fingerprint density at radius 2 is 2.24 bits per heavy atom. The summed E-state index contributed by atoms with van der Waals surface area (Å²) >= 11 is 3.08. The third kappa shape index (κ3) is 3.86. The van der Waals surface area contributed by atoms with Gasteiger partial charge in [-0.05, 0) is 37.9 Å². The lowest BCUT2D eigenvalue weighted by molar-refractivity contribution is 0.0960. The summed E-state index contributed by atoms with van der Waals surface area (Å²) in [6.45, 7) is 5.83. The van der Waals surface area contributed by atoms with Gasteiger partial charge in [0.15, 0.2) is 0 Å². The smallest absolute Gasteiger partial charge is 0.263 e. The third-order valence-corrected chi connectivity index (χ3v) is 6.13. The predicted molar refractivity (Wildman–Crippen MR) is 93.5 cm³/mol. The number of carbonyl (C=O) groups excluding carboxylic acids is 1. The number of amides is 1. The first-order valence-corrected chi connectivity index (χ1v) is 9.59. The number of carbonyl (C=O) groups is 1. The SMILES string of the molecule is CCNC(=O)c1sc(NCC2CCC(C)C2)c(SC)c1N. The maximum absolute atomic E-state index is 12.0. The molecule has 1 aliphatic carbocycles. The number of nitrogens with one attached hydrogen (secondary N) is 2. The molecule has 21 heavy (non-hydrogen) atoms. The molecule has 0 aromatic carbocycles. The zero-order valence-corrected chi connectivity index (χ0v) is 14.6. The van der Waals surface area contributed by atoms with Crippen LogP contribution >= 0.6 is 23.1 Å². The molecule has 2 atom stereocenters. The molecule has 6 heteroatoms. The second-order valence-corrected chi connectivity index (χ2v) is 7.57. The Morgan fingerprint density at radius 3 is 2.81 bits per heavy atom. The first-order chi connectivity index (χ1) is 10.1. The van der Waals surface area contributed by atoms with Crippen LogP contribution in [0.25, 0.3) is 0 Å². The van der Waals surface area contributed by atoms with E-state index >= 15 is 0 Å². The van der Waals surface area contributed by atoms with Crippen LogP contribution in [0.3, 0.4) is 0 Å². The molecule has 1 fully saturated rings. The molecule has 2 rings (SSSR count). The number of nitrogens with two attached hydrogens (primary N) is 1. The van der Waals surface area contributed by atoms with Gasteiger partial charge in [0.25, 0.3) is 5.91 Å². The Morgan fingerprint density at radius 1 is 1.48 bits per heavy atom. The maximum atomic E-state index is 12.0. The minimum atomic E-state index is -0.0714. The van der Waals surface area contributed by atoms with Gasteiger partial charge in [0, 0.05) is 13.1 Å². The fraction of sp³-hybridized carbons (Fsp3) is 0.667. The highest BCUT2D eigenvalue weighted by atomic mass is 32.2. The van der Waals surface area contributed by atoms with Gasteiger partial charge in [-0.25, -0.2) is 0 Å². The molecule has 1 heterocycles. The maximum Gasteiger partial charge on any atom is 0.263 e. The minimum Gasteiger partial charge on any atom is -0.396 e. The summed E-state index contributed by atoms with van der Waals surface area (Å²) in [6, 6.07) is 0. The molecule has 4 nitrogen and oxygen atoms in total. The van der Waals surface area contributed by atoms with E-state index in [4.69, 9.17) is 5.73 Å². The zero-order chi connectivity index (χ0) is 15.4. The van der Waals surface area contributed by atoms with Crippen LogP contribution in [-0.2, 0) is 0 Å². The summed E-state index contributed by atoms with van der Waals surface area (Å²) in [6.07, 6.45) is 5.93. The van der Waals surface area contributed by atoms with Crippen LogP contribution < -0.4 is 16.4 Å². The van der Waals surface area contributed by atoms with Crippen molar-refractivity contribution in [2.24, 2.45) is 11.8 Å². The number of thioether (sulfide) groups is 1. The summed E-state index contributed by atoms with van der Waals surface area (Å²) in [5.41, 5.74) is 6.75. The lowest BCUT2D eigenvalue weighted by Crippen LogP contribution is -2.22. The normalized spacial score (nSPS) is 21.5. The number of hydrogen-bond donors (Lipinski definition) is 3. The van der Waals surface area contributed by atoms with Crippen molar-refractivity contribution in [3.05, 3.63) is 4.88 Å².